The summed E-state index contributed by atoms with van der Waals surface area (Å²) in [6.45, 7) is 7.62. The van der Waals surface area contributed by atoms with Crippen molar-refractivity contribution in [2.45, 2.75) is 45.7 Å². The first-order valence-electron chi connectivity index (χ1n) is 9.96. The first-order valence-corrected chi connectivity index (χ1v) is 10.8. The lowest BCUT2D eigenvalue weighted by molar-refractivity contribution is -0.123. The van der Waals surface area contributed by atoms with Crippen molar-refractivity contribution in [3.8, 4) is 0 Å². The average molecular weight is 441 g/mol. The quantitative estimate of drug-likeness (QED) is 0.611. The summed E-state index contributed by atoms with van der Waals surface area (Å²) in [7, 11) is 0. The minimum Gasteiger partial charge on any atom is -0.349 e. The standard InChI is InChI=1S/C23H25FN4O2S/c1-5-15-9-11-16(12-10-15)20(21(29)25-23(2,3)4)28(18-8-6-7-17(24)13-18)22(30)19-14-31-27-26-19/h6-14,20H,5H2,1-4H3,(H,25,29). The summed E-state index contributed by atoms with van der Waals surface area (Å²) < 4.78 is 17.9. The molecule has 31 heavy (non-hydrogen) atoms. The predicted molar refractivity (Wildman–Crippen MR) is 120 cm³/mol. The van der Waals surface area contributed by atoms with Gasteiger partial charge in [0.25, 0.3) is 5.91 Å². The maximum atomic E-state index is 14.1. The highest BCUT2D eigenvalue weighted by Gasteiger charge is 2.36. The predicted octanol–water partition coefficient (Wildman–Crippen LogP) is 4.54. The van der Waals surface area contributed by atoms with Gasteiger partial charge in [0.2, 0.25) is 5.91 Å². The molecule has 1 unspecified atom stereocenters. The molecule has 6 nitrogen and oxygen atoms in total. The summed E-state index contributed by atoms with van der Waals surface area (Å²) in [5.41, 5.74) is 1.53. The van der Waals surface area contributed by atoms with Gasteiger partial charge in [-0.05, 0) is 68.1 Å². The van der Waals surface area contributed by atoms with E-state index in [0.717, 1.165) is 23.5 Å². The zero-order valence-corrected chi connectivity index (χ0v) is 18.7. The van der Waals surface area contributed by atoms with Crippen LogP contribution >= 0.6 is 11.5 Å². The minimum absolute atomic E-state index is 0.0907. The van der Waals surface area contributed by atoms with Gasteiger partial charge >= 0.3 is 0 Å². The van der Waals surface area contributed by atoms with E-state index in [4.69, 9.17) is 0 Å². The first kappa shape index (κ1) is 22.6. The maximum Gasteiger partial charge on any atom is 0.280 e. The summed E-state index contributed by atoms with van der Waals surface area (Å²) in [5, 5.41) is 8.33. The molecule has 1 N–H and O–H groups in total. The van der Waals surface area contributed by atoms with Crippen LogP contribution in [0.3, 0.4) is 0 Å². The zero-order chi connectivity index (χ0) is 22.6. The molecule has 162 valence electrons. The molecular weight excluding hydrogens is 415 g/mol. The molecule has 0 saturated heterocycles. The van der Waals surface area contributed by atoms with E-state index < -0.39 is 23.3 Å². The Morgan fingerprint density at radius 2 is 1.87 bits per heavy atom. The highest BCUT2D eigenvalue weighted by atomic mass is 32.1. The molecular formula is C23H25FN4O2S. The fourth-order valence-electron chi connectivity index (χ4n) is 3.18. The van der Waals surface area contributed by atoms with E-state index in [1.165, 1.54) is 28.5 Å². The number of hydrogen-bond donors (Lipinski definition) is 1. The van der Waals surface area contributed by atoms with E-state index in [-0.39, 0.29) is 17.3 Å². The molecule has 3 aromatic rings. The maximum absolute atomic E-state index is 14.1. The number of rotatable bonds is 6. The largest absolute Gasteiger partial charge is 0.349 e. The van der Waals surface area contributed by atoms with E-state index in [1.807, 2.05) is 52.0 Å². The van der Waals surface area contributed by atoms with Gasteiger partial charge in [-0.3, -0.25) is 14.5 Å². The Morgan fingerprint density at radius 1 is 1.16 bits per heavy atom. The van der Waals surface area contributed by atoms with Gasteiger partial charge in [0, 0.05) is 16.6 Å². The third kappa shape index (κ3) is 5.52. The minimum atomic E-state index is -1.03. The average Bonchev–Trinajstić information content (AvgIpc) is 3.25. The van der Waals surface area contributed by atoms with Crippen LogP contribution in [0.2, 0.25) is 0 Å². The number of amides is 2. The summed E-state index contributed by atoms with van der Waals surface area (Å²) in [6.07, 6.45) is 0.843. The van der Waals surface area contributed by atoms with E-state index >= 15 is 0 Å². The molecule has 0 aliphatic rings. The second-order valence-corrected chi connectivity index (χ2v) is 8.79. The molecule has 8 heteroatoms. The van der Waals surface area contributed by atoms with Gasteiger partial charge < -0.3 is 5.32 Å². The van der Waals surface area contributed by atoms with Crippen molar-refractivity contribution in [2.24, 2.45) is 0 Å². The monoisotopic (exact) mass is 440 g/mol. The second-order valence-electron chi connectivity index (χ2n) is 8.18. The molecule has 2 aromatic carbocycles. The number of aryl methyl sites for hydroxylation is 1. The third-order valence-electron chi connectivity index (χ3n) is 4.59. The number of nitrogens with one attached hydrogen (secondary N) is 1. The van der Waals surface area contributed by atoms with Gasteiger partial charge in [0.05, 0.1) is 0 Å². The van der Waals surface area contributed by atoms with Crippen molar-refractivity contribution in [2.75, 3.05) is 4.90 Å². The summed E-state index contributed by atoms with van der Waals surface area (Å²) in [4.78, 5) is 28.2. The number of benzene rings is 2. The fourth-order valence-corrected chi connectivity index (χ4v) is 3.61. The van der Waals surface area contributed by atoms with Gasteiger partial charge in [-0.1, -0.05) is 41.7 Å². The Hall–Kier alpha value is -3.13. The Balaban J connectivity index is 2.17. The lowest BCUT2D eigenvalue weighted by atomic mass is 9.99. The Bertz CT molecular complexity index is 1050. The van der Waals surface area contributed by atoms with Crippen LogP contribution in [0.25, 0.3) is 0 Å². The van der Waals surface area contributed by atoms with Gasteiger partial charge in [-0.25, -0.2) is 4.39 Å². The Morgan fingerprint density at radius 3 is 2.42 bits per heavy atom. The summed E-state index contributed by atoms with van der Waals surface area (Å²) >= 11 is 1.03. The number of carbonyl (C=O) groups is 2. The highest BCUT2D eigenvalue weighted by Crippen LogP contribution is 2.31. The lowest BCUT2D eigenvalue weighted by Gasteiger charge is -2.33. The van der Waals surface area contributed by atoms with E-state index in [2.05, 4.69) is 14.9 Å². The van der Waals surface area contributed by atoms with Crippen molar-refractivity contribution in [3.63, 3.8) is 0 Å². The van der Waals surface area contributed by atoms with E-state index in [0.29, 0.717) is 5.56 Å². The number of hydrogen-bond acceptors (Lipinski definition) is 5. The lowest BCUT2D eigenvalue weighted by Crippen LogP contribution is -2.49. The summed E-state index contributed by atoms with van der Waals surface area (Å²) in [5.74, 6) is -1.42. The number of anilines is 1. The molecule has 0 aliphatic heterocycles. The van der Waals surface area contributed by atoms with Crippen molar-refractivity contribution < 1.29 is 14.0 Å². The smallest absolute Gasteiger partial charge is 0.280 e. The molecule has 0 spiro atoms. The van der Waals surface area contributed by atoms with Crippen molar-refractivity contribution >= 4 is 29.0 Å². The van der Waals surface area contributed by atoms with Gasteiger partial charge in [-0.15, -0.1) is 5.10 Å². The van der Waals surface area contributed by atoms with Crippen LogP contribution in [0.15, 0.2) is 53.9 Å². The topological polar surface area (TPSA) is 75.2 Å². The van der Waals surface area contributed by atoms with Gasteiger partial charge in [0.15, 0.2) is 5.69 Å². The van der Waals surface area contributed by atoms with Gasteiger partial charge in [-0.2, -0.15) is 0 Å². The van der Waals surface area contributed by atoms with Crippen LogP contribution < -0.4 is 10.2 Å². The normalized spacial score (nSPS) is 12.3. The number of aromatic nitrogens is 2. The fraction of sp³-hybridized carbons (Fsp3) is 0.304. The van der Waals surface area contributed by atoms with E-state index in [9.17, 15) is 14.0 Å². The van der Waals surface area contributed by atoms with E-state index in [1.54, 1.807) is 6.07 Å². The molecule has 2 amide bonds. The SMILES string of the molecule is CCc1ccc(C(C(=O)NC(C)(C)C)N(C(=O)c2csnn2)c2cccc(F)c2)cc1. The molecule has 0 fully saturated rings. The Labute approximate surface area is 185 Å². The molecule has 3 rings (SSSR count). The van der Waals surface area contributed by atoms with Crippen LogP contribution in [-0.4, -0.2) is 26.9 Å². The molecule has 1 atom stereocenters. The number of nitrogens with zero attached hydrogens (tertiary/aromatic N) is 3. The highest BCUT2D eigenvalue weighted by molar-refractivity contribution is 7.03. The van der Waals surface area contributed by atoms with Crippen molar-refractivity contribution in [1.82, 2.24) is 14.9 Å². The molecule has 1 aromatic heterocycles. The molecule has 0 saturated carbocycles. The van der Waals surface area contributed by atoms with Crippen LogP contribution in [0, 0.1) is 5.82 Å². The third-order valence-corrected chi connectivity index (χ3v) is 5.10. The zero-order valence-electron chi connectivity index (χ0n) is 17.9. The van der Waals surface area contributed by atoms with Crippen LogP contribution in [0.1, 0.15) is 55.4 Å². The summed E-state index contributed by atoms with van der Waals surface area (Å²) in [6, 6.07) is 12.1. The van der Waals surface area contributed by atoms with Crippen LogP contribution in [-0.2, 0) is 11.2 Å². The van der Waals surface area contributed by atoms with Gasteiger partial charge in [0.1, 0.15) is 11.9 Å². The Kier molecular flexibility index (Phi) is 6.80. The second kappa shape index (κ2) is 9.34. The number of halogens is 1. The first-order chi connectivity index (χ1) is 14.7. The molecule has 0 aliphatic carbocycles. The number of carbonyl (C=O) groups excluding carboxylic acids is 2. The molecule has 0 radical (unpaired) electrons. The molecule has 0 bridgehead atoms. The molecule has 1 heterocycles. The van der Waals surface area contributed by atoms with Crippen LogP contribution in [0.5, 0.6) is 0 Å². The van der Waals surface area contributed by atoms with Crippen molar-refractivity contribution in [3.05, 3.63) is 76.5 Å². The van der Waals surface area contributed by atoms with Crippen LogP contribution in [0.4, 0.5) is 10.1 Å². The van der Waals surface area contributed by atoms with Crippen molar-refractivity contribution in [1.29, 1.82) is 0 Å².